The highest BCUT2D eigenvalue weighted by atomic mass is 16.3. The van der Waals surface area contributed by atoms with E-state index in [0.29, 0.717) is 24.9 Å². The van der Waals surface area contributed by atoms with Crippen LogP contribution in [0.3, 0.4) is 0 Å². The molecule has 2 heterocycles. The first-order valence-corrected chi connectivity index (χ1v) is 7.01. The molecule has 21 heavy (non-hydrogen) atoms. The van der Waals surface area contributed by atoms with Gasteiger partial charge in [0.05, 0.1) is 0 Å². The zero-order valence-electron chi connectivity index (χ0n) is 11.7. The van der Waals surface area contributed by atoms with Crippen LogP contribution in [0.4, 0.5) is 0 Å². The molecule has 0 saturated carbocycles. The van der Waals surface area contributed by atoms with Gasteiger partial charge in [0.1, 0.15) is 11.8 Å². The van der Waals surface area contributed by atoms with Crippen LogP contribution in [-0.4, -0.2) is 33.8 Å². The third-order valence-electron chi connectivity index (χ3n) is 4.17. The molecule has 1 unspecified atom stereocenters. The topological polar surface area (TPSA) is 86.7 Å². The van der Waals surface area contributed by atoms with E-state index in [2.05, 4.69) is 5.32 Å². The van der Waals surface area contributed by atoms with Gasteiger partial charge in [0, 0.05) is 18.5 Å². The fraction of sp³-hybridized carbons (Fsp3) is 0.400. The molecule has 2 aliphatic heterocycles. The van der Waals surface area contributed by atoms with E-state index in [1.54, 1.807) is 6.07 Å². The molecule has 1 saturated heterocycles. The van der Waals surface area contributed by atoms with E-state index >= 15 is 0 Å². The van der Waals surface area contributed by atoms with Gasteiger partial charge < -0.3 is 10.0 Å². The normalized spacial score (nSPS) is 21.5. The van der Waals surface area contributed by atoms with Crippen LogP contribution >= 0.6 is 0 Å². The lowest BCUT2D eigenvalue weighted by atomic mass is 10.0. The van der Waals surface area contributed by atoms with Crippen molar-refractivity contribution >= 4 is 17.7 Å². The summed E-state index contributed by atoms with van der Waals surface area (Å²) in [6, 6.07) is 2.50. The summed E-state index contributed by atoms with van der Waals surface area (Å²) in [5.41, 5.74) is 2.07. The second-order valence-corrected chi connectivity index (χ2v) is 5.34. The molecule has 0 spiro atoms. The van der Waals surface area contributed by atoms with E-state index in [1.165, 1.54) is 11.0 Å². The number of amides is 3. The quantitative estimate of drug-likeness (QED) is 0.785. The predicted molar refractivity (Wildman–Crippen MR) is 73.5 cm³/mol. The number of benzene rings is 1. The molecule has 3 amide bonds. The standard InChI is InChI=1S/C15H16N2O4/c1-2-8-10-7-17(11-4-6-13(19)16-14(11)20)15(21)9(10)3-5-12(8)18/h3,5,11,18H,2,4,6-7H2,1H3,(H,16,19,20). The van der Waals surface area contributed by atoms with Crippen molar-refractivity contribution in [2.75, 3.05) is 0 Å². The molecule has 1 aromatic carbocycles. The Morgan fingerprint density at radius 2 is 2.10 bits per heavy atom. The number of hydrogen-bond acceptors (Lipinski definition) is 4. The number of hydrogen-bond donors (Lipinski definition) is 2. The number of phenolic OH excluding ortho intramolecular Hbond substituents is 1. The number of phenols is 1. The fourth-order valence-electron chi connectivity index (χ4n) is 3.08. The van der Waals surface area contributed by atoms with Crippen molar-refractivity contribution in [2.24, 2.45) is 0 Å². The van der Waals surface area contributed by atoms with E-state index in [1.807, 2.05) is 6.92 Å². The number of piperidine rings is 1. The van der Waals surface area contributed by atoms with Crippen molar-refractivity contribution < 1.29 is 19.5 Å². The van der Waals surface area contributed by atoms with E-state index in [4.69, 9.17) is 0 Å². The average Bonchev–Trinajstić information content (AvgIpc) is 2.76. The van der Waals surface area contributed by atoms with Crippen LogP contribution in [-0.2, 0) is 22.6 Å². The molecule has 0 radical (unpaired) electrons. The molecule has 0 aliphatic carbocycles. The summed E-state index contributed by atoms with van der Waals surface area (Å²) in [4.78, 5) is 37.1. The van der Waals surface area contributed by atoms with E-state index in [9.17, 15) is 19.5 Å². The highest BCUT2D eigenvalue weighted by Crippen LogP contribution is 2.34. The van der Waals surface area contributed by atoms with Gasteiger partial charge in [0.25, 0.3) is 5.91 Å². The molecule has 6 heteroatoms. The molecular weight excluding hydrogens is 272 g/mol. The summed E-state index contributed by atoms with van der Waals surface area (Å²) < 4.78 is 0. The lowest BCUT2D eigenvalue weighted by molar-refractivity contribution is -0.136. The molecule has 1 atom stereocenters. The maximum absolute atomic E-state index is 12.5. The number of imide groups is 1. The number of fused-ring (bicyclic) bond motifs is 1. The smallest absolute Gasteiger partial charge is 0.255 e. The highest BCUT2D eigenvalue weighted by Gasteiger charge is 2.39. The van der Waals surface area contributed by atoms with Gasteiger partial charge in [-0.3, -0.25) is 19.7 Å². The molecule has 110 valence electrons. The van der Waals surface area contributed by atoms with E-state index < -0.39 is 11.9 Å². The van der Waals surface area contributed by atoms with Crippen molar-refractivity contribution in [3.63, 3.8) is 0 Å². The Hall–Kier alpha value is -2.37. The minimum Gasteiger partial charge on any atom is -0.508 e. The maximum atomic E-state index is 12.5. The Labute approximate surface area is 121 Å². The molecule has 2 N–H and O–H groups in total. The Bertz CT molecular complexity index is 653. The fourth-order valence-corrected chi connectivity index (χ4v) is 3.08. The van der Waals surface area contributed by atoms with Gasteiger partial charge in [0.2, 0.25) is 11.8 Å². The first-order valence-electron chi connectivity index (χ1n) is 7.01. The van der Waals surface area contributed by atoms with Gasteiger partial charge in [-0.15, -0.1) is 0 Å². The summed E-state index contributed by atoms with van der Waals surface area (Å²) in [6.45, 7) is 2.21. The highest BCUT2D eigenvalue weighted by molar-refractivity contribution is 6.05. The van der Waals surface area contributed by atoms with Crippen molar-refractivity contribution in [3.05, 3.63) is 28.8 Å². The summed E-state index contributed by atoms with van der Waals surface area (Å²) in [6.07, 6.45) is 1.20. The Morgan fingerprint density at radius 1 is 1.33 bits per heavy atom. The summed E-state index contributed by atoms with van der Waals surface area (Å²) >= 11 is 0. The van der Waals surface area contributed by atoms with Crippen molar-refractivity contribution in [2.45, 2.75) is 38.8 Å². The average molecular weight is 288 g/mol. The van der Waals surface area contributed by atoms with Gasteiger partial charge in [-0.25, -0.2) is 0 Å². The summed E-state index contributed by atoms with van der Waals surface area (Å²) in [7, 11) is 0. The van der Waals surface area contributed by atoms with Gasteiger partial charge >= 0.3 is 0 Å². The molecule has 1 fully saturated rings. The van der Waals surface area contributed by atoms with Crippen LogP contribution in [0, 0.1) is 0 Å². The largest absolute Gasteiger partial charge is 0.508 e. The van der Waals surface area contributed by atoms with Gasteiger partial charge in [0.15, 0.2) is 0 Å². The SMILES string of the molecule is CCc1c(O)ccc2c1CN(C1CCC(=O)NC1=O)C2=O. The van der Waals surface area contributed by atoms with Crippen LogP contribution in [0.5, 0.6) is 5.75 Å². The number of carbonyl (C=O) groups is 3. The summed E-state index contributed by atoms with van der Waals surface area (Å²) in [5.74, 6) is -0.759. The number of rotatable bonds is 2. The maximum Gasteiger partial charge on any atom is 0.255 e. The van der Waals surface area contributed by atoms with Crippen molar-refractivity contribution in [1.29, 1.82) is 0 Å². The van der Waals surface area contributed by atoms with Gasteiger partial charge in [-0.05, 0) is 36.1 Å². The minimum absolute atomic E-state index is 0.175. The number of nitrogens with one attached hydrogen (secondary N) is 1. The van der Waals surface area contributed by atoms with Gasteiger partial charge in [-0.2, -0.15) is 0 Å². The first kappa shape index (κ1) is 13.6. The van der Waals surface area contributed by atoms with Crippen molar-refractivity contribution in [1.82, 2.24) is 10.2 Å². The van der Waals surface area contributed by atoms with Gasteiger partial charge in [-0.1, -0.05) is 6.92 Å². The van der Waals surface area contributed by atoms with Crippen LogP contribution in [0.1, 0.15) is 41.3 Å². The molecule has 3 rings (SSSR count). The van der Waals surface area contributed by atoms with Crippen molar-refractivity contribution in [3.8, 4) is 5.75 Å². The minimum atomic E-state index is -0.616. The third kappa shape index (κ3) is 2.07. The molecule has 6 nitrogen and oxygen atoms in total. The Kier molecular flexibility index (Phi) is 3.16. The van der Waals surface area contributed by atoms with E-state index in [0.717, 1.165) is 11.1 Å². The zero-order chi connectivity index (χ0) is 15.1. The third-order valence-corrected chi connectivity index (χ3v) is 4.17. The number of carbonyl (C=O) groups excluding carboxylic acids is 3. The zero-order valence-corrected chi connectivity index (χ0v) is 11.7. The monoisotopic (exact) mass is 288 g/mol. The molecule has 1 aromatic rings. The molecule has 0 bridgehead atoms. The Morgan fingerprint density at radius 3 is 2.76 bits per heavy atom. The second kappa shape index (κ2) is 4.87. The lowest BCUT2D eigenvalue weighted by Gasteiger charge is -2.29. The van der Waals surface area contributed by atoms with Crippen LogP contribution in [0.2, 0.25) is 0 Å². The number of aromatic hydroxyl groups is 1. The second-order valence-electron chi connectivity index (χ2n) is 5.34. The summed E-state index contributed by atoms with van der Waals surface area (Å²) in [5, 5.41) is 12.2. The molecule has 0 aromatic heterocycles. The van der Waals surface area contributed by atoms with E-state index in [-0.39, 0.29) is 24.0 Å². The molecular formula is C15H16N2O4. The predicted octanol–water partition coefficient (Wildman–Crippen LogP) is 0.716. The van der Waals surface area contributed by atoms with Crippen LogP contribution < -0.4 is 5.32 Å². The number of nitrogens with zero attached hydrogens (tertiary/aromatic N) is 1. The van der Waals surface area contributed by atoms with Crippen LogP contribution in [0.15, 0.2) is 12.1 Å². The first-order chi connectivity index (χ1) is 10.0. The lowest BCUT2D eigenvalue weighted by Crippen LogP contribution is -2.52. The molecule has 2 aliphatic rings. The Balaban J connectivity index is 1.93. The van der Waals surface area contributed by atoms with Crippen LogP contribution in [0.25, 0.3) is 0 Å².